The number of aryl methyl sites for hydroxylation is 2. The fourth-order valence-electron chi connectivity index (χ4n) is 2.61. The smallest absolute Gasteiger partial charge is 0.161 e. The average molecular weight is 285 g/mol. The van der Waals surface area contributed by atoms with Crippen molar-refractivity contribution in [3.63, 3.8) is 0 Å². The number of nitrogens with zero attached hydrogens (tertiary/aromatic N) is 1. The number of fused-ring (bicyclic) bond motifs is 1. The molecule has 1 atom stereocenters. The summed E-state index contributed by atoms with van der Waals surface area (Å²) >= 11 is 0. The molecule has 0 amide bonds. The summed E-state index contributed by atoms with van der Waals surface area (Å²) in [6.07, 6.45) is 0. The molecule has 5 nitrogen and oxygen atoms in total. The second-order valence-corrected chi connectivity index (χ2v) is 5.13. The Bertz CT molecular complexity index is 658. The van der Waals surface area contributed by atoms with Crippen LogP contribution in [0, 0.1) is 13.8 Å². The van der Waals surface area contributed by atoms with Crippen LogP contribution < -0.4 is 20.7 Å². The van der Waals surface area contributed by atoms with Gasteiger partial charge in [-0.25, -0.2) is 5.43 Å². The van der Waals surface area contributed by atoms with Crippen LogP contribution in [0.2, 0.25) is 0 Å². The fraction of sp³-hybridized carbons (Fsp3) is 0.312. The first kappa shape index (κ1) is 13.9. The first-order chi connectivity index (χ1) is 10.2. The van der Waals surface area contributed by atoms with Gasteiger partial charge in [-0.3, -0.25) is 10.8 Å². The molecule has 0 saturated heterocycles. The zero-order valence-corrected chi connectivity index (χ0v) is 12.2. The molecule has 2 aromatic rings. The number of ether oxygens (including phenoxy) is 2. The number of aromatic nitrogens is 1. The number of pyridine rings is 1. The Kier molecular flexibility index (Phi) is 3.77. The Balaban J connectivity index is 1.99. The van der Waals surface area contributed by atoms with E-state index < -0.39 is 0 Å². The Morgan fingerprint density at radius 1 is 1.10 bits per heavy atom. The molecule has 110 valence electrons. The minimum absolute atomic E-state index is 0.131. The molecule has 0 aliphatic carbocycles. The summed E-state index contributed by atoms with van der Waals surface area (Å²) < 4.78 is 11.2. The van der Waals surface area contributed by atoms with E-state index in [4.69, 9.17) is 15.3 Å². The van der Waals surface area contributed by atoms with Gasteiger partial charge in [0.05, 0.1) is 6.04 Å². The first-order valence-electron chi connectivity index (χ1n) is 6.99. The van der Waals surface area contributed by atoms with Gasteiger partial charge in [0, 0.05) is 11.4 Å². The molecule has 3 rings (SSSR count). The molecule has 1 aromatic heterocycles. The van der Waals surface area contributed by atoms with Gasteiger partial charge in [-0.05, 0) is 43.2 Å². The van der Waals surface area contributed by atoms with Crippen molar-refractivity contribution in [3.05, 3.63) is 52.8 Å². The van der Waals surface area contributed by atoms with Crippen molar-refractivity contribution in [3.8, 4) is 11.5 Å². The molecule has 1 aliphatic heterocycles. The van der Waals surface area contributed by atoms with Gasteiger partial charge in [0.2, 0.25) is 0 Å². The molecule has 21 heavy (non-hydrogen) atoms. The largest absolute Gasteiger partial charge is 0.486 e. The average Bonchev–Trinajstić information content (AvgIpc) is 2.50. The minimum Gasteiger partial charge on any atom is -0.486 e. The number of nitrogens with two attached hydrogens (primary N) is 1. The van der Waals surface area contributed by atoms with Crippen LogP contribution in [0.1, 0.15) is 28.6 Å². The van der Waals surface area contributed by atoms with E-state index in [1.165, 1.54) is 0 Å². The Labute approximate surface area is 124 Å². The van der Waals surface area contributed by atoms with Crippen molar-refractivity contribution < 1.29 is 9.47 Å². The van der Waals surface area contributed by atoms with E-state index in [1.54, 1.807) is 0 Å². The summed E-state index contributed by atoms with van der Waals surface area (Å²) in [5.41, 5.74) is 6.90. The second-order valence-electron chi connectivity index (χ2n) is 5.13. The van der Waals surface area contributed by atoms with Crippen molar-refractivity contribution in [2.45, 2.75) is 19.9 Å². The van der Waals surface area contributed by atoms with Crippen LogP contribution in [0.3, 0.4) is 0 Å². The number of hydrogen-bond donors (Lipinski definition) is 2. The maximum absolute atomic E-state index is 5.77. The van der Waals surface area contributed by atoms with Crippen LogP contribution >= 0.6 is 0 Å². The molecule has 3 N–H and O–H groups in total. The normalized spacial score (nSPS) is 14.8. The quantitative estimate of drug-likeness (QED) is 0.667. The van der Waals surface area contributed by atoms with Crippen molar-refractivity contribution >= 4 is 0 Å². The van der Waals surface area contributed by atoms with Gasteiger partial charge < -0.3 is 9.47 Å². The molecular weight excluding hydrogens is 266 g/mol. The van der Waals surface area contributed by atoms with E-state index in [1.807, 2.05) is 38.1 Å². The first-order valence-corrected chi connectivity index (χ1v) is 6.99. The number of hydrazine groups is 1. The lowest BCUT2D eigenvalue weighted by Crippen LogP contribution is -2.29. The van der Waals surface area contributed by atoms with Gasteiger partial charge in [-0.15, -0.1) is 0 Å². The fourth-order valence-corrected chi connectivity index (χ4v) is 2.61. The minimum atomic E-state index is -0.131. The summed E-state index contributed by atoms with van der Waals surface area (Å²) in [7, 11) is 0. The molecule has 0 fully saturated rings. The molecule has 0 radical (unpaired) electrons. The van der Waals surface area contributed by atoms with Crippen LogP contribution in [0.25, 0.3) is 0 Å². The van der Waals surface area contributed by atoms with Crippen molar-refractivity contribution in [2.24, 2.45) is 5.84 Å². The van der Waals surface area contributed by atoms with Gasteiger partial charge in [-0.1, -0.05) is 12.1 Å². The molecule has 2 heterocycles. The van der Waals surface area contributed by atoms with Gasteiger partial charge in [0.25, 0.3) is 0 Å². The monoisotopic (exact) mass is 285 g/mol. The van der Waals surface area contributed by atoms with Crippen LogP contribution in [-0.2, 0) is 0 Å². The highest BCUT2D eigenvalue weighted by Crippen LogP contribution is 2.34. The second kappa shape index (κ2) is 5.71. The highest BCUT2D eigenvalue weighted by atomic mass is 16.6. The third-order valence-corrected chi connectivity index (χ3v) is 3.64. The molecule has 1 unspecified atom stereocenters. The van der Waals surface area contributed by atoms with Crippen LogP contribution in [-0.4, -0.2) is 18.2 Å². The lowest BCUT2D eigenvalue weighted by molar-refractivity contribution is 0.171. The number of rotatable bonds is 3. The summed E-state index contributed by atoms with van der Waals surface area (Å²) in [6, 6.07) is 9.80. The summed E-state index contributed by atoms with van der Waals surface area (Å²) in [6.45, 7) is 5.13. The summed E-state index contributed by atoms with van der Waals surface area (Å²) in [4.78, 5) is 4.50. The molecule has 1 aliphatic rings. The zero-order chi connectivity index (χ0) is 14.8. The molecular formula is C16H19N3O2. The van der Waals surface area contributed by atoms with Gasteiger partial charge in [-0.2, -0.15) is 0 Å². The third-order valence-electron chi connectivity index (χ3n) is 3.64. The molecule has 1 aromatic carbocycles. The maximum Gasteiger partial charge on any atom is 0.161 e. The van der Waals surface area contributed by atoms with Gasteiger partial charge in [0.15, 0.2) is 11.5 Å². The summed E-state index contributed by atoms with van der Waals surface area (Å²) in [5, 5.41) is 0. The number of hydrogen-bond acceptors (Lipinski definition) is 5. The predicted octanol–water partition coefficient (Wildman–Crippen LogP) is 2.02. The Morgan fingerprint density at radius 3 is 2.57 bits per heavy atom. The number of nitrogens with one attached hydrogen (secondary N) is 1. The Hall–Kier alpha value is -2.11. The van der Waals surface area contributed by atoms with E-state index in [9.17, 15) is 0 Å². The van der Waals surface area contributed by atoms with Crippen LogP contribution in [0.15, 0.2) is 30.3 Å². The van der Waals surface area contributed by atoms with Crippen LogP contribution in [0.4, 0.5) is 0 Å². The molecule has 5 heteroatoms. The Morgan fingerprint density at radius 2 is 1.86 bits per heavy atom. The lowest BCUT2D eigenvalue weighted by atomic mass is 9.97. The maximum atomic E-state index is 5.77. The van der Waals surface area contributed by atoms with E-state index in [-0.39, 0.29) is 6.04 Å². The van der Waals surface area contributed by atoms with Crippen LogP contribution in [0.5, 0.6) is 11.5 Å². The molecule has 0 saturated carbocycles. The standard InChI is InChI=1S/C16H19N3O2/c1-10-3-5-13(11(2)18-10)16(19-17)12-4-6-14-15(9-12)21-8-7-20-14/h3-6,9,16,19H,7-8,17H2,1-2H3. The van der Waals surface area contributed by atoms with Crippen molar-refractivity contribution in [2.75, 3.05) is 13.2 Å². The predicted molar refractivity (Wildman–Crippen MR) is 80.3 cm³/mol. The SMILES string of the molecule is Cc1ccc(C(NN)c2ccc3c(c2)OCCO3)c(C)n1. The van der Waals surface area contributed by atoms with Gasteiger partial charge >= 0.3 is 0 Å². The highest BCUT2D eigenvalue weighted by Gasteiger charge is 2.19. The summed E-state index contributed by atoms with van der Waals surface area (Å²) in [5.74, 6) is 7.31. The molecule has 0 spiro atoms. The van der Waals surface area contributed by atoms with E-state index in [0.29, 0.717) is 13.2 Å². The van der Waals surface area contributed by atoms with Gasteiger partial charge in [0.1, 0.15) is 13.2 Å². The topological polar surface area (TPSA) is 69.4 Å². The highest BCUT2D eigenvalue weighted by molar-refractivity contribution is 5.47. The zero-order valence-electron chi connectivity index (χ0n) is 12.2. The van der Waals surface area contributed by atoms with E-state index >= 15 is 0 Å². The van der Waals surface area contributed by atoms with Crippen molar-refractivity contribution in [1.82, 2.24) is 10.4 Å². The molecule has 0 bridgehead atoms. The van der Waals surface area contributed by atoms with Crippen molar-refractivity contribution in [1.29, 1.82) is 0 Å². The van der Waals surface area contributed by atoms with E-state index in [0.717, 1.165) is 34.0 Å². The number of benzene rings is 1. The third kappa shape index (κ3) is 2.70. The lowest BCUT2D eigenvalue weighted by Gasteiger charge is -2.23. The van der Waals surface area contributed by atoms with E-state index in [2.05, 4.69) is 16.5 Å².